The minimum absolute atomic E-state index is 0.0393. The molecule has 4 unspecified atom stereocenters. The van der Waals surface area contributed by atoms with E-state index < -0.39 is 0 Å². The Morgan fingerprint density at radius 2 is 1.79 bits per heavy atom. The number of epoxide rings is 1. The van der Waals surface area contributed by atoms with E-state index in [1.54, 1.807) is 5.57 Å². The van der Waals surface area contributed by atoms with Crippen molar-refractivity contribution in [1.82, 2.24) is 0 Å². The summed E-state index contributed by atoms with van der Waals surface area (Å²) in [6.07, 6.45) is 10.6. The van der Waals surface area contributed by atoms with E-state index >= 15 is 0 Å². The van der Waals surface area contributed by atoms with E-state index in [1.807, 2.05) is 0 Å². The van der Waals surface area contributed by atoms with Gasteiger partial charge >= 0.3 is 5.97 Å². The standard InChI is InChI=1S/C29H42O5/c1-16(26-31-14-27(3,4)15-32-26)20-9-10-21-19-8-7-18-13-23(33-17(2)30)24-25(34-24)29(18,6)22(19)11-12-28(20,21)5/h7-8,16,20-26H,9-15H2,1-6H3/t16?,20-,21+,22+,23?,24?,25?,28-,29+/m1/s1. The molecule has 0 radical (unpaired) electrons. The summed E-state index contributed by atoms with van der Waals surface area (Å²) in [7, 11) is 0. The maximum atomic E-state index is 11.6. The van der Waals surface area contributed by atoms with Gasteiger partial charge in [-0.05, 0) is 48.9 Å². The largest absolute Gasteiger partial charge is 0.459 e. The van der Waals surface area contributed by atoms with E-state index in [1.165, 1.54) is 38.2 Å². The van der Waals surface area contributed by atoms with Gasteiger partial charge in [-0.15, -0.1) is 0 Å². The number of hydrogen-bond acceptors (Lipinski definition) is 5. The fourth-order valence-electron chi connectivity index (χ4n) is 8.79. The van der Waals surface area contributed by atoms with Crippen LogP contribution in [0.5, 0.6) is 0 Å². The van der Waals surface area contributed by atoms with Gasteiger partial charge in [-0.2, -0.15) is 0 Å². The van der Waals surface area contributed by atoms with Crippen molar-refractivity contribution >= 4 is 5.97 Å². The molecule has 9 atom stereocenters. The highest BCUT2D eigenvalue weighted by atomic mass is 16.7. The lowest BCUT2D eigenvalue weighted by Crippen LogP contribution is -2.51. The van der Waals surface area contributed by atoms with Gasteiger partial charge in [0.1, 0.15) is 12.2 Å². The molecule has 2 saturated heterocycles. The van der Waals surface area contributed by atoms with Crippen LogP contribution in [0.25, 0.3) is 0 Å². The number of allylic oxidation sites excluding steroid dienone is 3. The summed E-state index contributed by atoms with van der Waals surface area (Å²) >= 11 is 0. The van der Waals surface area contributed by atoms with Gasteiger partial charge < -0.3 is 18.9 Å². The van der Waals surface area contributed by atoms with Gasteiger partial charge in [0.2, 0.25) is 0 Å². The molecule has 6 rings (SSSR count). The molecule has 0 spiro atoms. The lowest BCUT2D eigenvalue weighted by Gasteiger charge is -2.54. The SMILES string of the molecule is CC(=O)OC1CC2=CC=C3[C@@H]4CC[C@H](C(C)C5OCC(C)(C)CO5)[C@@]4(C)CC[C@@H]3[C@@]2(C)C2OC12. The monoisotopic (exact) mass is 470 g/mol. The molecule has 0 N–H and O–H groups in total. The van der Waals surface area contributed by atoms with Crippen LogP contribution in [0.3, 0.4) is 0 Å². The molecule has 0 amide bonds. The topological polar surface area (TPSA) is 57.3 Å². The summed E-state index contributed by atoms with van der Waals surface area (Å²) in [5.41, 5.74) is 3.52. The zero-order valence-electron chi connectivity index (χ0n) is 21.8. The van der Waals surface area contributed by atoms with Crippen LogP contribution in [0.1, 0.15) is 73.6 Å². The van der Waals surface area contributed by atoms with Crippen molar-refractivity contribution in [3.8, 4) is 0 Å². The minimum atomic E-state index is -0.204. The molecule has 0 aromatic carbocycles. The minimum Gasteiger partial charge on any atom is -0.459 e. The highest BCUT2D eigenvalue weighted by molar-refractivity contribution is 5.66. The van der Waals surface area contributed by atoms with Crippen molar-refractivity contribution in [2.24, 2.45) is 39.9 Å². The van der Waals surface area contributed by atoms with Gasteiger partial charge in [0.05, 0.1) is 19.3 Å². The number of carbonyl (C=O) groups excluding carboxylic acids is 1. The third-order valence-electron chi connectivity index (χ3n) is 10.6. The third kappa shape index (κ3) is 3.33. The van der Waals surface area contributed by atoms with Crippen LogP contribution >= 0.6 is 0 Å². The van der Waals surface area contributed by atoms with E-state index in [9.17, 15) is 4.79 Å². The van der Waals surface area contributed by atoms with E-state index in [0.717, 1.165) is 19.6 Å². The van der Waals surface area contributed by atoms with Gasteiger partial charge in [0.25, 0.3) is 0 Å². The van der Waals surface area contributed by atoms with Crippen LogP contribution in [0.2, 0.25) is 0 Å². The molecular formula is C29H42O5. The number of fused-ring (bicyclic) bond motifs is 7. The maximum Gasteiger partial charge on any atom is 0.303 e. The highest BCUT2D eigenvalue weighted by Gasteiger charge is 2.67. The third-order valence-corrected chi connectivity index (χ3v) is 10.6. The second kappa shape index (κ2) is 7.66. The Hall–Kier alpha value is -1.17. The fourth-order valence-corrected chi connectivity index (χ4v) is 8.79. The molecule has 5 heteroatoms. The molecule has 3 saturated carbocycles. The molecule has 188 valence electrons. The fraction of sp³-hybridized carbons (Fsp3) is 0.828. The van der Waals surface area contributed by atoms with Crippen molar-refractivity contribution in [3.05, 3.63) is 23.3 Å². The predicted octanol–water partition coefficient (Wildman–Crippen LogP) is 5.44. The Balaban J connectivity index is 1.24. The maximum absolute atomic E-state index is 11.6. The molecule has 0 bridgehead atoms. The molecule has 34 heavy (non-hydrogen) atoms. The number of esters is 1. The molecular weight excluding hydrogens is 428 g/mol. The first kappa shape index (κ1) is 23.2. The first-order valence-electron chi connectivity index (χ1n) is 13.5. The summed E-state index contributed by atoms with van der Waals surface area (Å²) in [5, 5.41) is 0. The zero-order chi connectivity index (χ0) is 24.0. The molecule has 0 aromatic rings. The Morgan fingerprint density at radius 3 is 2.50 bits per heavy atom. The summed E-state index contributed by atoms with van der Waals surface area (Å²) in [6.45, 7) is 14.8. The van der Waals surface area contributed by atoms with E-state index in [-0.39, 0.29) is 41.4 Å². The van der Waals surface area contributed by atoms with Gasteiger partial charge in [-0.1, -0.05) is 57.9 Å². The average Bonchev–Trinajstić information content (AvgIpc) is 3.51. The van der Waals surface area contributed by atoms with Crippen LogP contribution in [0.4, 0.5) is 0 Å². The lowest BCUT2D eigenvalue weighted by molar-refractivity contribution is -0.252. The van der Waals surface area contributed by atoms with E-state index in [4.69, 9.17) is 18.9 Å². The lowest BCUT2D eigenvalue weighted by atomic mass is 9.50. The Morgan fingerprint density at radius 1 is 1.06 bits per heavy atom. The van der Waals surface area contributed by atoms with E-state index in [0.29, 0.717) is 29.1 Å². The second-order valence-corrected chi connectivity index (χ2v) is 13.4. The van der Waals surface area contributed by atoms with Gasteiger partial charge in [0, 0.05) is 30.1 Å². The van der Waals surface area contributed by atoms with Crippen molar-refractivity contribution < 1.29 is 23.7 Å². The predicted molar refractivity (Wildman–Crippen MR) is 129 cm³/mol. The van der Waals surface area contributed by atoms with Gasteiger partial charge in [0.15, 0.2) is 6.29 Å². The van der Waals surface area contributed by atoms with E-state index in [2.05, 4.69) is 46.8 Å². The summed E-state index contributed by atoms with van der Waals surface area (Å²) < 4.78 is 24.3. The Bertz CT molecular complexity index is 925. The number of ether oxygens (including phenoxy) is 4. The second-order valence-electron chi connectivity index (χ2n) is 13.4. The van der Waals surface area contributed by atoms with Crippen LogP contribution in [-0.4, -0.2) is 43.8 Å². The number of carbonyl (C=O) groups is 1. The molecule has 2 aliphatic heterocycles. The number of hydrogen-bond donors (Lipinski definition) is 0. The molecule has 5 nitrogen and oxygen atoms in total. The quantitative estimate of drug-likeness (QED) is 0.406. The summed E-state index contributed by atoms with van der Waals surface area (Å²) in [6, 6.07) is 0. The smallest absolute Gasteiger partial charge is 0.303 e. The highest BCUT2D eigenvalue weighted by Crippen LogP contribution is 2.68. The first-order valence-corrected chi connectivity index (χ1v) is 13.5. The van der Waals surface area contributed by atoms with Crippen LogP contribution in [-0.2, 0) is 23.7 Å². The summed E-state index contributed by atoms with van der Waals surface area (Å²) in [5.74, 6) is 1.98. The van der Waals surface area contributed by atoms with Crippen molar-refractivity contribution in [1.29, 1.82) is 0 Å². The molecule has 0 aromatic heterocycles. The van der Waals surface area contributed by atoms with Crippen molar-refractivity contribution in [2.45, 2.75) is 98.2 Å². The Kier molecular flexibility index (Phi) is 5.24. The molecule has 2 heterocycles. The van der Waals surface area contributed by atoms with Crippen molar-refractivity contribution in [3.63, 3.8) is 0 Å². The van der Waals surface area contributed by atoms with Crippen LogP contribution in [0.15, 0.2) is 23.3 Å². The van der Waals surface area contributed by atoms with Crippen LogP contribution < -0.4 is 0 Å². The normalized spacial score (nSPS) is 47.8. The van der Waals surface area contributed by atoms with Crippen LogP contribution in [0, 0.1) is 39.9 Å². The zero-order valence-corrected chi connectivity index (χ0v) is 21.8. The summed E-state index contributed by atoms with van der Waals surface area (Å²) in [4.78, 5) is 11.6. The molecule has 6 aliphatic rings. The number of rotatable bonds is 3. The van der Waals surface area contributed by atoms with Crippen molar-refractivity contribution in [2.75, 3.05) is 13.2 Å². The Labute approximate surface area is 204 Å². The van der Waals surface area contributed by atoms with Gasteiger partial charge in [-0.25, -0.2) is 0 Å². The molecule has 4 aliphatic carbocycles. The first-order chi connectivity index (χ1) is 16.0. The average molecular weight is 471 g/mol. The van der Waals surface area contributed by atoms with Gasteiger partial charge in [-0.3, -0.25) is 4.79 Å². The molecule has 5 fully saturated rings.